The first-order valence-electron chi connectivity index (χ1n) is 7.48. The number of amides is 1. The molecule has 3 rings (SSSR count). The van der Waals surface area contributed by atoms with Crippen molar-refractivity contribution >= 4 is 38.3 Å². The Morgan fingerprint density at radius 2 is 2.00 bits per heavy atom. The molecule has 28 heavy (non-hydrogen) atoms. The van der Waals surface area contributed by atoms with Gasteiger partial charge in [-0.1, -0.05) is 11.3 Å². The van der Waals surface area contributed by atoms with Gasteiger partial charge in [0.15, 0.2) is 11.7 Å². The molecule has 0 spiro atoms. The molecular weight excluding hydrogens is 406 g/mol. The minimum atomic E-state index is -4.91. The lowest BCUT2D eigenvalue weighted by Gasteiger charge is -2.13. The average Bonchev–Trinajstić information content (AvgIpc) is 3.00. The third-order valence-corrected chi connectivity index (χ3v) is 4.37. The maximum atomic E-state index is 13.2. The van der Waals surface area contributed by atoms with Crippen LogP contribution in [0.5, 0.6) is 5.75 Å². The molecule has 0 aliphatic rings. The van der Waals surface area contributed by atoms with Crippen LogP contribution >= 0.6 is 11.3 Å². The number of thiazole rings is 1. The number of nitro groups is 1. The number of ether oxygens (including phenoxy) is 1. The smallest absolute Gasteiger partial charge is 0.420 e. The summed E-state index contributed by atoms with van der Waals surface area (Å²) in [6.45, 7) is -0.787. The molecule has 7 nitrogen and oxygen atoms in total. The third kappa shape index (κ3) is 4.34. The molecule has 0 radical (unpaired) electrons. The molecule has 0 bridgehead atoms. The van der Waals surface area contributed by atoms with Gasteiger partial charge in [0.1, 0.15) is 17.1 Å². The van der Waals surface area contributed by atoms with Gasteiger partial charge in [-0.2, -0.15) is 13.2 Å². The van der Waals surface area contributed by atoms with E-state index in [9.17, 15) is 32.5 Å². The van der Waals surface area contributed by atoms with Gasteiger partial charge in [0.2, 0.25) is 0 Å². The number of hydrogen-bond acceptors (Lipinski definition) is 6. The summed E-state index contributed by atoms with van der Waals surface area (Å²) >= 11 is 0.980. The minimum absolute atomic E-state index is 0.119. The fraction of sp³-hybridized carbons (Fsp3) is 0.125. The molecule has 3 aromatic rings. The Hall–Kier alpha value is -3.28. The van der Waals surface area contributed by atoms with Gasteiger partial charge in [-0.25, -0.2) is 9.37 Å². The number of carbonyl (C=O) groups excluding carboxylic acids is 1. The summed E-state index contributed by atoms with van der Waals surface area (Å²) in [7, 11) is 0. The lowest BCUT2D eigenvalue weighted by Crippen LogP contribution is -2.21. The van der Waals surface area contributed by atoms with Crippen LogP contribution in [0.4, 0.5) is 28.4 Å². The number of nitrogens with one attached hydrogen (secondary N) is 1. The Kier molecular flexibility index (Phi) is 5.14. The van der Waals surface area contributed by atoms with Crippen molar-refractivity contribution in [1.82, 2.24) is 4.98 Å². The number of benzene rings is 2. The predicted octanol–water partition coefficient (Wildman–Crippen LogP) is 4.38. The number of rotatable bonds is 5. The van der Waals surface area contributed by atoms with Crippen molar-refractivity contribution in [3.05, 3.63) is 57.9 Å². The highest BCUT2D eigenvalue weighted by molar-refractivity contribution is 7.22. The molecule has 146 valence electrons. The Morgan fingerprint density at radius 3 is 2.68 bits per heavy atom. The van der Waals surface area contributed by atoms with Crippen LogP contribution in [-0.2, 0) is 11.0 Å². The molecule has 0 fully saturated rings. The molecule has 1 N–H and O–H groups in total. The number of fused-ring (bicyclic) bond motifs is 1. The average molecular weight is 415 g/mol. The number of nitro benzene ring substituents is 1. The number of anilines is 1. The largest absolute Gasteiger partial charge is 0.483 e. The highest BCUT2D eigenvalue weighted by Gasteiger charge is 2.36. The fourth-order valence-corrected chi connectivity index (χ4v) is 3.14. The van der Waals surface area contributed by atoms with E-state index in [1.807, 2.05) is 0 Å². The van der Waals surface area contributed by atoms with Crippen molar-refractivity contribution in [3.63, 3.8) is 0 Å². The molecule has 1 amide bonds. The number of nitrogens with zero attached hydrogens (tertiary/aromatic N) is 2. The van der Waals surface area contributed by atoms with Gasteiger partial charge < -0.3 is 4.74 Å². The summed E-state index contributed by atoms with van der Waals surface area (Å²) in [6, 6.07) is 5.78. The van der Waals surface area contributed by atoms with E-state index in [1.54, 1.807) is 0 Å². The van der Waals surface area contributed by atoms with Crippen molar-refractivity contribution < 1.29 is 32.0 Å². The molecule has 0 aliphatic heterocycles. The van der Waals surface area contributed by atoms with Gasteiger partial charge in [0.05, 0.1) is 15.1 Å². The second-order valence-electron chi connectivity index (χ2n) is 5.40. The first-order valence-corrected chi connectivity index (χ1v) is 8.29. The van der Waals surface area contributed by atoms with E-state index in [-0.39, 0.29) is 5.13 Å². The molecule has 1 heterocycles. The molecular formula is C16H9F4N3O4S. The summed E-state index contributed by atoms with van der Waals surface area (Å²) in [6.07, 6.45) is -4.91. The Bertz CT molecular complexity index is 1070. The van der Waals surface area contributed by atoms with Crippen LogP contribution in [0.2, 0.25) is 0 Å². The van der Waals surface area contributed by atoms with Gasteiger partial charge in [0.25, 0.3) is 11.6 Å². The Balaban J connectivity index is 1.72. The number of aromatic nitrogens is 1. The highest BCUT2D eigenvalue weighted by Crippen LogP contribution is 2.38. The van der Waals surface area contributed by atoms with E-state index in [1.165, 1.54) is 18.2 Å². The number of non-ortho nitro benzene ring substituents is 1. The first-order chi connectivity index (χ1) is 13.1. The zero-order chi connectivity index (χ0) is 20.5. The van der Waals surface area contributed by atoms with Crippen LogP contribution in [0.15, 0.2) is 36.4 Å². The second-order valence-corrected chi connectivity index (χ2v) is 6.43. The fourth-order valence-electron chi connectivity index (χ4n) is 2.23. The number of alkyl halides is 3. The zero-order valence-corrected chi connectivity index (χ0v) is 14.4. The molecule has 0 unspecified atom stereocenters. The Morgan fingerprint density at radius 1 is 1.25 bits per heavy atom. The van der Waals surface area contributed by atoms with Crippen LogP contribution in [-0.4, -0.2) is 22.4 Å². The van der Waals surface area contributed by atoms with E-state index in [2.05, 4.69) is 10.3 Å². The summed E-state index contributed by atoms with van der Waals surface area (Å²) in [4.78, 5) is 25.7. The summed E-state index contributed by atoms with van der Waals surface area (Å²) in [5.41, 5.74) is -1.69. The van der Waals surface area contributed by atoms with E-state index >= 15 is 0 Å². The molecule has 2 aromatic carbocycles. The van der Waals surface area contributed by atoms with Gasteiger partial charge in [-0.3, -0.25) is 20.2 Å². The van der Waals surface area contributed by atoms with Gasteiger partial charge in [-0.05, 0) is 24.3 Å². The number of carbonyl (C=O) groups is 1. The van der Waals surface area contributed by atoms with E-state index in [0.29, 0.717) is 16.3 Å². The number of halogens is 4. The van der Waals surface area contributed by atoms with Crippen molar-refractivity contribution in [1.29, 1.82) is 0 Å². The topological polar surface area (TPSA) is 94.4 Å². The van der Waals surface area contributed by atoms with Crippen LogP contribution in [0, 0.1) is 15.9 Å². The SMILES string of the molecule is O=C(COc1ccc([N+](=O)[O-])cc1C(F)(F)F)Nc1nc2ccc(F)cc2s1. The zero-order valence-electron chi connectivity index (χ0n) is 13.6. The van der Waals surface area contributed by atoms with Crippen molar-refractivity contribution in [2.45, 2.75) is 6.18 Å². The second kappa shape index (κ2) is 7.38. The van der Waals surface area contributed by atoms with Gasteiger partial charge in [-0.15, -0.1) is 0 Å². The monoisotopic (exact) mass is 415 g/mol. The summed E-state index contributed by atoms with van der Waals surface area (Å²) in [5, 5.41) is 13.1. The maximum Gasteiger partial charge on any atom is 0.420 e. The molecule has 12 heteroatoms. The molecule has 0 atom stereocenters. The highest BCUT2D eigenvalue weighted by atomic mass is 32.1. The third-order valence-electron chi connectivity index (χ3n) is 3.43. The molecule has 0 saturated carbocycles. The van der Waals surface area contributed by atoms with E-state index in [0.717, 1.165) is 23.5 Å². The molecule has 1 aromatic heterocycles. The predicted molar refractivity (Wildman–Crippen MR) is 91.8 cm³/mol. The lowest BCUT2D eigenvalue weighted by atomic mass is 10.1. The Labute approximate surface area is 157 Å². The van der Waals surface area contributed by atoms with Crippen LogP contribution in [0.25, 0.3) is 10.2 Å². The lowest BCUT2D eigenvalue weighted by molar-refractivity contribution is -0.385. The van der Waals surface area contributed by atoms with Crippen molar-refractivity contribution in [2.75, 3.05) is 11.9 Å². The van der Waals surface area contributed by atoms with Crippen molar-refractivity contribution in [2.24, 2.45) is 0 Å². The van der Waals surface area contributed by atoms with Gasteiger partial charge >= 0.3 is 6.18 Å². The van der Waals surface area contributed by atoms with Crippen LogP contribution in [0.3, 0.4) is 0 Å². The molecule has 0 aliphatic carbocycles. The van der Waals surface area contributed by atoms with Gasteiger partial charge in [0, 0.05) is 12.1 Å². The number of hydrogen-bond donors (Lipinski definition) is 1. The van der Waals surface area contributed by atoms with Crippen molar-refractivity contribution in [3.8, 4) is 5.75 Å². The summed E-state index contributed by atoms with van der Waals surface area (Å²) < 4.78 is 57.7. The molecule has 0 saturated heterocycles. The first kappa shape index (κ1) is 19.5. The van der Waals surface area contributed by atoms with E-state index < -0.39 is 46.4 Å². The van der Waals surface area contributed by atoms with Crippen LogP contribution in [0.1, 0.15) is 5.56 Å². The van der Waals surface area contributed by atoms with E-state index in [4.69, 9.17) is 4.74 Å². The minimum Gasteiger partial charge on any atom is -0.483 e. The maximum absolute atomic E-state index is 13.2. The summed E-state index contributed by atoms with van der Waals surface area (Å²) in [5.74, 6) is -2.00. The normalized spacial score (nSPS) is 11.4. The standard InChI is InChI=1S/C16H9F4N3O4S/c17-8-1-3-11-13(5-8)28-15(21-11)22-14(24)7-27-12-4-2-9(23(25)26)6-10(12)16(18,19)20/h1-6H,7H2,(H,21,22,24). The van der Waals surface area contributed by atoms with Crippen LogP contribution < -0.4 is 10.1 Å². The quantitative estimate of drug-likeness (QED) is 0.379.